The van der Waals surface area contributed by atoms with E-state index in [1.165, 1.54) is 6.07 Å². The molecule has 0 aliphatic carbocycles. The summed E-state index contributed by atoms with van der Waals surface area (Å²) in [6.07, 6.45) is 5.55. The number of aryl methyl sites for hydroxylation is 1. The molecule has 6 rings (SSSR count). The van der Waals surface area contributed by atoms with Gasteiger partial charge in [0, 0.05) is 31.0 Å². The summed E-state index contributed by atoms with van der Waals surface area (Å²) in [7, 11) is 0. The molecule has 0 saturated carbocycles. The molecule has 174 valence electrons. The molecule has 9 heteroatoms. The number of imidazole rings is 2. The topological polar surface area (TPSA) is 78.1 Å². The standard InChI is InChI=1S/C25H25FN6O2/c1-2-9-31-21-11-16(25(33)32-13-18-12-17(32)15-34-18)6-7-19(21)29-23(31)14-30-10-8-27-24(30)20-4-3-5-22(26)28-20/h3-8,10-11,17-18H,2,9,12-15H2,1H3. The number of carbonyl (C=O) groups excluding carboxylic acids is 1. The third-order valence-corrected chi connectivity index (χ3v) is 6.65. The van der Waals surface area contributed by atoms with Crippen LogP contribution in [-0.4, -0.2) is 60.2 Å². The predicted octanol–water partition coefficient (Wildman–Crippen LogP) is 3.51. The quantitative estimate of drug-likeness (QED) is 0.412. The van der Waals surface area contributed by atoms with Crippen LogP contribution in [0.4, 0.5) is 4.39 Å². The number of rotatable bonds is 6. The maximum atomic E-state index is 13.7. The van der Waals surface area contributed by atoms with Crippen molar-refractivity contribution in [3.8, 4) is 11.5 Å². The molecule has 3 aromatic heterocycles. The fourth-order valence-electron chi connectivity index (χ4n) is 5.07. The Morgan fingerprint density at radius 2 is 2.15 bits per heavy atom. The molecule has 2 atom stereocenters. The van der Waals surface area contributed by atoms with Gasteiger partial charge in [-0.15, -0.1) is 0 Å². The molecule has 0 N–H and O–H groups in total. The fraction of sp³-hybridized carbons (Fsp3) is 0.360. The van der Waals surface area contributed by atoms with E-state index in [0.29, 0.717) is 36.8 Å². The Balaban J connectivity index is 1.34. The van der Waals surface area contributed by atoms with Gasteiger partial charge in [-0.25, -0.2) is 15.0 Å². The van der Waals surface area contributed by atoms with Crippen molar-refractivity contribution in [2.24, 2.45) is 0 Å². The Bertz CT molecular complexity index is 1380. The lowest BCUT2D eigenvalue weighted by atomic mass is 10.1. The molecule has 8 nitrogen and oxygen atoms in total. The summed E-state index contributed by atoms with van der Waals surface area (Å²) in [5.74, 6) is 0.945. The van der Waals surface area contributed by atoms with Crippen LogP contribution in [0.3, 0.4) is 0 Å². The number of fused-ring (bicyclic) bond motifs is 3. The van der Waals surface area contributed by atoms with Crippen LogP contribution in [-0.2, 0) is 17.8 Å². The Kier molecular flexibility index (Phi) is 5.13. The van der Waals surface area contributed by atoms with Gasteiger partial charge in [0.25, 0.3) is 5.91 Å². The third-order valence-electron chi connectivity index (χ3n) is 6.65. The van der Waals surface area contributed by atoms with Crippen LogP contribution in [0.25, 0.3) is 22.6 Å². The molecule has 34 heavy (non-hydrogen) atoms. The number of halogens is 1. The van der Waals surface area contributed by atoms with Crippen molar-refractivity contribution >= 4 is 16.9 Å². The van der Waals surface area contributed by atoms with Gasteiger partial charge in [0.05, 0.1) is 36.3 Å². The highest BCUT2D eigenvalue weighted by atomic mass is 19.1. The first-order valence-corrected chi connectivity index (χ1v) is 11.7. The van der Waals surface area contributed by atoms with Crippen molar-refractivity contribution in [1.82, 2.24) is 29.0 Å². The van der Waals surface area contributed by atoms with E-state index in [2.05, 4.69) is 21.5 Å². The van der Waals surface area contributed by atoms with E-state index in [1.54, 1.807) is 18.3 Å². The van der Waals surface area contributed by atoms with Gasteiger partial charge in [0.1, 0.15) is 11.5 Å². The number of aromatic nitrogens is 5. The molecule has 0 radical (unpaired) electrons. The lowest BCUT2D eigenvalue weighted by Crippen LogP contribution is -2.41. The largest absolute Gasteiger partial charge is 0.374 e. The molecule has 2 fully saturated rings. The predicted molar refractivity (Wildman–Crippen MR) is 124 cm³/mol. The van der Waals surface area contributed by atoms with Crippen LogP contribution in [0.5, 0.6) is 0 Å². The van der Waals surface area contributed by atoms with Crippen molar-refractivity contribution in [3.63, 3.8) is 0 Å². The first-order chi connectivity index (χ1) is 16.6. The van der Waals surface area contributed by atoms with Crippen LogP contribution in [0, 0.1) is 5.95 Å². The van der Waals surface area contributed by atoms with Gasteiger partial charge in [0.2, 0.25) is 5.95 Å². The van der Waals surface area contributed by atoms with E-state index in [-0.39, 0.29) is 18.1 Å². The second-order valence-corrected chi connectivity index (χ2v) is 8.91. The molecule has 0 spiro atoms. The van der Waals surface area contributed by atoms with Gasteiger partial charge in [-0.1, -0.05) is 13.0 Å². The van der Waals surface area contributed by atoms with Crippen molar-refractivity contribution in [2.75, 3.05) is 13.2 Å². The lowest BCUT2D eigenvalue weighted by molar-refractivity contribution is 0.0259. The first kappa shape index (κ1) is 21.0. The maximum absolute atomic E-state index is 13.7. The number of likely N-dealkylation sites (tertiary alicyclic amines) is 1. The Morgan fingerprint density at radius 1 is 1.24 bits per heavy atom. The minimum Gasteiger partial charge on any atom is -0.374 e. The number of hydrogen-bond donors (Lipinski definition) is 0. The Morgan fingerprint density at radius 3 is 2.91 bits per heavy atom. The van der Waals surface area contributed by atoms with Crippen molar-refractivity contribution < 1.29 is 13.9 Å². The van der Waals surface area contributed by atoms with Gasteiger partial charge in [0.15, 0.2) is 5.82 Å². The molecule has 2 aliphatic heterocycles. The minimum atomic E-state index is -0.541. The number of benzene rings is 1. The fourth-order valence-corrected chi connectivity index (χ4v) is 5.07. The zero-order valence-corrected chi connectivity index (χ0v) is 18.9. The molecule has 1 amide bonds. The Hall–Kier alpha value is -3.59. The molecule has 2 unspecified atom stereocenters. The normalized spacial score (nSPS) is 19.4. The summed E-state index contributed by atoms with van der Waals surface area (Å²) in [6.45, 7) is 4.64. The molecule has 4 aromatic rings. The van der Waals surface area contributed by atoms with Crippen LogP contribution in [0.2, 0.25) is 0 Å². The number of hydrogen-bond acceptors (Lipinski definition) is 5. The van der Waals surface area contributed by atoms with Gasteiger partial charge < -0.3 is 18.8 Å². The molecule has 2 bridgehead atoms. The van der Waals surface area contributed by atoms with Crippen LogP contribution in [0.1, 0.15) is 35.9 Å². The van der Waals surface area contributed by atoms with Crippen LogP contribution < -0.4 is 0 Å². The van der Waals surface area contributed by atoms with Crippen molar-refractivity contribution in [1.29, 1.82) is 0 Å². The average molecular weight is 461 g/mol. The minimum absolute atomic E-state index is 0.0533. The maximum Gasteiger partial charge on any atom is 0.254 e. The molecule has 2 aliphatic rings. The zero-order chi connectivity index (χ0) is 23.2. The third kappa shape index (κ3) is 3.56. The van der Waals surface area contributed by atoms with Crippen LogP contribution >= 0.6 is 0 Å². The van der Waals surface area contributed by atoms with Gasteiger partial charge in [-0.05, 0) is 43.2 Å². The van der Waals surface area contributed by atoms with Crippen LogP contribution in [0.15, 0.2) is 48.8 Å². The second kappa shape index (κ2) is 8.32. The lowest BCUT2D eigenvalue weighted by Gasteiger charge is -2.27. The van der Waals surface area contributed by atoms with E-state index in [4.69, 9.17) is 9.72 Å². The number of ether oxygens (including phenoxy) is 1. The number of amides is 1. The average Bonchev–Trinajstić information content (AvgIpc) is 3.63. The summed E-state index contributed by atoms with van der Waals surface area (Å²) in [5.41, 5.74) is 2.93. The van der Waals surface area contributed by atoms with Gasteiger partial charge in [-0.3, -0.25) is 4.79 Å². The highest BCUT2D eigenvalue weighted by molar-refractivity contribution is 5.98. The highest BCUT2D eigenvalue weighted by Gasteiger charge is 2.41. The van der Waals surface area contributed by atoms with Gasteiger partial charge in [-0.2, -0.15) is 4.39 Å². The molecule has 2 saturated heterocycles. The van der Waals surface area contributed by atoms with E-state index in [0.717, 1.165) is 36.2 Å². The molecule has 5 heterocycles. The number of morpholine rings is 1. The van der Waals surface area contributed by atoms with Crippen molar-refractivity contribution in [2.45, 2.75) is 45.0 Å². The van der Waals surface area contributed by atoms with Crippen molar-refractivity contribution in [3.05, 3.63) is 66.1 Å². The second-order valence-electron chi connectivity index (χ2n) is 8.91. The van der Waals surface area contributed by atoms with E-state index < -0.39 is 5.95 Å². The number of nitrogens with zero attached hydrogens (tertiary/aromatic N) is 6. The smallest absolute Gasteiger partial charge is 0.254 e. The summed E-state index contributed by atoms with van der Waals surface area (Å²) in [5, 5.41) is 0. The highest BCUT2D eigenvalue weighted by Crippen LogP contribution is 2.30. The summed E-state index contributed by atoms with van der Waals surface area (Å²) >= 11 is 0. The summed E-state index contributed by atoms with van der Waals surface area (Å²) in [6, 6.07) is 10.6. The number of pyridine rings is 1. The zero-order valence-electron chi connectivity index (χ0n) is 18.9. The molecular weight excluding hydrogens is 435 g/mol. The first-order valence-electron chi connectivity index (χ1n) is 11.7. The SMILES string of the molecule is CCCn1c(Cn2ccnc2-c2cccc(F)n2)nc2ccc(C(=O)N3CC4CC3CO4)cc21. The van der Waals surface area contributed by atoms with E-state index in [9.17, 15) is 9.18 Å². The molecular formula is C25H25FN6O2. The number of carbonyl (C=O) groups is 1. The molecule has 1 aromatic carbocycles. The summed E-state index contributed by atoms with van der Waals surface area (Å²) in [4.78, 5) is 28.4. The van der Waals surface area contributed by atoms with Gasteiger partial charge >= 0.3 is 0 Å². The summed E-state index contributed by atoms with van der Waals surface area (Å²) < 4.78 is 23.4. The van der Waals surface area contributed by atoms with E-state index in [1.807, 2.05) is 33.9 Å². The monoisotopic (exact) mass is 460 g/mol. The van der Waals surface area contributed by atoms with E-state index >= 15 is 0 Å². The Labute approximate surface area is 196 Å².